The largest absolute Gasteiger partial charge is 0.478 e. The van der Waals surface area contributed by atoms with Crippen LogP contribution < -0.4 is 0 Å². The van der Waals surface area contributed by atoms with Gasteiger partial charge in [-0.05, 0) is 36.8 Å². The highest BCUT2D eigenvalue weighted by Gasteiger charge is 2.04. The first-order valence-corrected chi connectivity index (χ1v) is 11.0. The normalized spacial score (nSPS) is 11.3. The molecule has 0 aromatic heterocycles. The number of unbranched alkanes of at least 4 members (excludes halogenated alkanes) is 3. The van der Waals surface area contributed by atoms with Crippen LogP contribution in [0.1, 0.15) is 57.9 Å². The Morgan fingerprint density at radius 1 is 1.03 bits per heavy atom. The Morgan fingerprint density at radius 2 is 1.70 bits per heavy atom. The minimum absolute atomic E-state index is 0.0428. The van der Waals surface area contributed by atoms with Gasteiger partial charge in [0.25, 0.3) is 0 Å². The molecule has 1 aromatic carbocycles. The lowest BCUT2D eigenvalue weighted by Crippen LogP contribution is -2.02. The number of ether oxygens (including phenoxy) is 1. The predicted molar refractivity (Wildman–Crippen MR) is 132 cm³/mol. The molecule has 33 heavy (non-hydrogen) atoms. The van der Waals surface area contributed by atoms with Crippen LogP contribution >= 0.6 is 0 Å². The van der Waals surface area contributed by atoms with E-state index in [1.807, 2.05) is 42.5 Å². The second-order valence-corrected chi connectivity index (χ2v) is 7.78. The number of aliphatic carboxylic acids is 2. The maximum absolute atomic E-state index is 11.0. The van der Waals surface area contributed by atoms with Gasteiger partial charge in [-0.3, -0.25) is 0 Å². The zero-order chi connectivity index (χ0) is 25.1. The number of hydrogen-bond donors (Lipinski definition) is 2. The molecule has 0 aliphatic heterocycles. The average molecular weight is 457 g/mol. The van der Waals surface area contributed by atoms with Crippen molar-refractivity contribution in [3.63, 3.8) is 0 Å². The lowest BCUT2D eigenvalue weighted by atomic mass is 10.0. The fourth-order valence-electron chi connectivity index (χ4n) is 2.65. The maximum atomic E-state index is 11.0. The zero-order valence-corrected chi connectivity index (χ0v) is 19.8. The van der Waals surface area contributed by atoms with Crippen LogP contribution in [0, 0.1) is 5.92 Å². The van der Waals surface area contributed by atoms with Crippen molar-refractivity contribution in [1.82, 2.24) is 0 Å². The van der Waals surface area contributed by atoms with Crippen molar-refractivity contribution in [2.75, 3.05) is 7.11 Å². The molecule has 0 atom stereocenters. The summed E-state index contributed by atoms with van der Waals surface area (Å²) in [7, 11) is 1.36. The van der Waals surface area contributed by atoms with Crippen LogP contribution in [0.15, 0.2) is 72.4 Å². The van der Waals surface area contributed by atoms with Gasteiger partial charge in [-0.1, -0.05) is 88.2 Å². The molecule has 0 aliphatic rings. The molecule has 0 saturated heterocycles. The number of allylic oxidation sites excluding steroid dienone is 2. The molecule has 0 spiro atoms. The van der Waals surface area contributed by atoms with Crippen LogP contribution in [-0.4, -0.2) is 35.2 Å². The van der Waals surface area contributed by atoms with Crippen molar-refractivity contribution in [3.8, 4) is 0 Å². The van der Waals surface area contributed by atoms with E-state index in [4.69, 9.17) is 10.2 Å². The zero-order valence-electron chi connectivity index (χ0n) is 19.8. The van der Waals surface area contributed by atoms with Crippen molar-refractivity contribution in [1.29, 1.82) is 0 Å². The number of carbonyl (C=O) groups is 3. The van der Waals surface area contributed by atoms with E-state index in [0.29, 0.717) is 24.3 Å². The van der Waals surface area contributed by atoms with Gasteiger partial charge in [-0.15, -0.1) is 0 Å². The van der Waals surface area contributed by atoms with Crippen LogP contribution in [0.4, 0.5) is 0 Å². The first-order chi connectivity index (χ1) is 15.7. The van der Waals surface area contributed by atoms with E-state index in [1.165, 1.54) is 13.5 Å². The molecule has 6 heteroatoms. The van der Waals surface area contributed by atoms with Gasteiger partial charge >= 0.3 is 17.9 Å². The molecule has 0 saturated carbocycles. The molecule has 0 unspecified atom stereocenters. The molecule has 1 rings (SSSR count). The molecule has 0 amide bonds. The first-order valence-electron chi connectivity index (χ1n) is 11.0. The van der Waals surface area contributed by atoms with E-state index >= 15 is 0 Å². The fraction of sp³-hybridized carbons (Fsp3) is 0.370. The molecule has 0 bridgehead atoms. The SMILES string of the molecule is C=C(CC=Cc1ccccc1)C(=O)OC.CC(C)CCCCCC=C(C=CC(=O)O)C(=O)O. The highest BCUT2D eigenvalue weighted by molar-refractivity contribution is 5.92. The van der Waals surface area contributed by atoms with Gasteiger partial charge in [0.2, 0.25) is 0 Å². The van der Waals surface area contributed by atoms with E-state index in [-0.39, 0.29) is 11.5 Å². The highest BCUT2D eigenvalue weighted by atomic mass is 16.5. The second-order valence-electron chi connectivity index (χ2n) is 7.78. The van der Waals surface area contributed by atoms with Crippen molar-refractivity contribution in [2.45, 2.75) is 52.4 Å². The smallest absolute Gasteiger partial charge is 0.335 e. The summed E-state index contributed by atoms with van der Waals surface area (Å²) in [6, 6.07) is 9.89. The van der Waals surface area contributed by atoms with Crippen LogP contribution in [0.3, 0.4) is 0 Å². The molecule has 0 radical (unpaired) electrons. The Kier molecular flexibility index (Phi) is 16.3. The number of esters is 1. The molecular formula is C27H36O6. The first kappa shape index (κ1) is 29.6. The second kappa shape index (κ2) is 18.2. The summed E-state index contributed by atoms with van der Waals surface area (Å²) < 4.78 is 4.54. The third-order valence-electron chi connectivity index (χ3n) is 4.45. The number of methoxy groups -OCH3 is 1. The molecular weight excluding hydrogens is 420 g/mol. The van der Waals surface area contributed by atoms with Gasteiger partial charge in [0, 0.05) is 11.6 Å². The molecule has 6 nitrogen and oxygen atoms in total. The van der Waals surface area contributed by atoms with Gasteiger partial charge in [0.1, 0.15) is 0 Å². The Hall–Kier alpha value is -3.41. The summed E-state index contributed by atoms with van der Waals surface area (Å²) in [5, 5.41) is 17.3. The van der Waals surface area contributed by atoms with E-state index < -0.39 is 11.9 Å². The Bertz CT molecular complexity index is 831. The van der Waals surface area contributed by atoms with E-state index in [1.54, 1.807) is 6.08 Å². The van der Waals surface area contributed by atoms with Crippen LogP contribution in [0.5, 0.6) is 0 Å². The summed E-state index contributed by atoms with van der Waals surface area (Å²) in [5.74, 6) is -1.88. The third-order valence-corrected chi connectivity index (χ3v) is 4.45. The van der Waals surface area contributed by atoms with Crippen molar-refractivity contribution in [3.05, 3.63) is 77.9 Å². The van der Waals surface area contributed by atoms with Crippen LogP contribution in [0.2, 0.25) is 0 Å². The van der Waals surface area contributed by atoms with E-state index in [0.717, 1.165) is 37.0 Å². The van der Waals surface area contributed by atoms with Gasteiger partial charge in [0.15, 0.2) is 0 Å². The Balaban J connectivity index is 0.000000629. The number of rotatable bonds is 13. The van der Waals surface area contributed by atoms with Gasteiger partial charge in [-0.25, -0.2) is 14.4 Å². The monoisotopic (exact) mass is 456 g/mol. The summed E-state index contributed by atoms with van der Waals surface area (Å²) >= 11 is 0. The average Bonchev–Trinajstić information content (AvgIpc) is 2.77. The number of carbonyl (C=O) groups excluding carboxylic acids is 1. The maximum Gasteiger partial charge on any atom is 0.335 e. The minimum atomic E-state index is -1.14. The number of hydrogen-bond acceptors (Lipinski definition) is 4. The van der Waals surface area contributed by atoms with Crippen LogP contribution in [0.25, 0.3) is 6.08 Å². The van der Waals surface area contributed by atoms with Gasteiger partial charge in [0.05, 0.1) is 12.7 Å². The van der Waals surface area contributed by atoms with Crippen LogP contribution in [-0.2, 0) is 19.1 Å². The summed E-state index contributed by atoms with van der Waals surface area (Å²) in [6.07, 6.45) is 12.9. The standard InChI is InChI=1S/C14H22O4.C13H14O2/c1-11(2)7-5-3-4-6-8-12(14(17)18)9-10-13(15)16;1-11(13(14)15-2)7-6-10-12-8-4-3-5-9-12/h8-11H,3-7H2,1-2H3,(H,15,16)(H,17,18);3-6,8-10H,1,7H2,2H3. The Labute approximate surface area is 197 Å². The quantitative estimate of drug-likeness (QED) is 0.162. The predicted octanol–water partition coefficient (Wildman–Crippen LogP) is 6.06. The van der Waals surface area contributed by atoms with E-state index in [2.05, 4.69) is 25.2 Å². The summed E-state index contributed by atoms with van der Waals surface area (Å²) in [5.41, 5.74) is 1.61. The summed E-state index contributed by atoms with van der Waals surface area (Å²) in [6.45, 7) is 7.99. The van der Waals surface area contributed by atoms with E-state index in [9.17, 15) is 14.4 Å². The van der Waals surface area contributed by atoms with Gasteiger partial charge < -0.3 is 14.9 Å². The molecule has 0 fully saturated rings. The summed E-state index contributed by atoms with van der Waals surface area (Å²) in [4.78, 5) is 32.1. The minimum Gasteiger partial charge on any atom is -0.478 e. The number of benzene rings is 1. The Morgan fingerprint density at radius 3 is 2.24 bits per heavy atom. The fourth-order valence-corrected chi connectivity index (χ4v) is 2.65. The molecule has 0 aliphatic carbocycles. The molecule has 1 aromatic rings. The highest BCUT2D eigenvalue weighted by Crippen LogP contribution is 2.11. The molecule has 2 N–H and O–H groups in total. The van der Waals surface area contributed by atoms with Gasteiger partial charge in [-0.2, -0.15) is 0 Å². The third kappa shape index (κ3) is 16.9. The molecule has 180 valence electrons. The topological polar surface area (TPSA) is 101 Å². The van der Waals surface area contributed by atoms with Crippen molar-refractivity contribution >= 4 is 24.0 Å². The number of carboxylic acids is 2. The number of carboxylic acid groups (broad SMARTS) is 2. The lowest BCUT2D eigenvalue weighted by Gasteiger charge is -2.02. The molecule has 0 heterocycles. The van der Waals surface area contributed by atoms with Crippen molar-refractivity contribution < 1.29 is 29.3 Å². The lowest BCUT2D eigenvalue weighted by molar-refractivity contribution is -0.136. The van der Waals surface area contributed by atoms with Crippen molar-refractivity contribution in [2.24, 2.45) is 5.92 Å².